The van der Waals surface area contributed by atoms with Crippen LogP contribution in [-0.2, 0) is 9.59 Å². The molecule has 0 bridgehead atoms. The second-order valence-electron chi connectivity index (χ2n) is 6.95. The number of aliphatic hydroxyl groups is 1. The number of halogens is 1. The van der Waals surface area contributed by atoms with Gasteiger partial charge in [-0.15, -0.1) is 0 Å². The molecule has 1 fully saturated rings. The molecule has 1 unspecified atom stereocenters. The SMILES string of the molecule is Cc1ccc(O)c(N2C(=O)C(=O)/C(=C(/O)c3ccc(F)cc3)C2c2cccnc2)c1. The molecule has 150 valence electrons. The molecule has 30 heavy (non-hydrogen) atoms. The highest BCUT2D eigenvalue weighted by Crippen LogP contribution is 2.44. The van der Waals surface area contributed by atoms with E-state index in [0.29, 0.717) is 5.56 Å². The number of phenolic OH excluding ortho intramolecular Hbond substituents is 1. The Labute approximate surface area is 171 Å². The summed E-state index contributed by atoms with van der Waals surface area (Å²) in [6.45, 7) is 1.79. The van der Waals surface area contributed by atoms with E-state index in [2.05, 4.69) is 4.98 Å². The van der Waals surface area contributed by atoms with Gasteiger partial charge in [-0.05, 0) is 60.5 Å². The highest BCUT2D eigenvalue weighted by Gasteiger charge is 2.47. The summed E-state index contributed by atoms with van der Waals surface area (Å²) < 4.78 is 13.3. The zero-order chi connectivity index (χ0) is 21.4. The molecule has 1 aliphatic heterocycles. The maximum absolute atomic E-state index is 13.3. The number of amides is 1. The number of pyridine rings is 1. The van der Waals surface area contributed by atoms with Crippen molar-refractivity contribution >= 4 is 23.1 Å². The van der Waals surface area contributed by atoms with Gasteiger partial charge in [0.05, 0.1) is 17.3 Å². The van der Waals surface area contributed by atoms with E-state index in [1.165, 1.54) is 24.4 Å². The minimum absolute atomic E-state index is 0.143. The van der Waals surface area contributed by atoms with Gasteiger partial charge in [-0.25, -0.2) is 4.39 Å². The van der Waals surface area contributed by atoms with E-state index in [0.717, 1.165) is 22.6 Å². The molecular formula is C23H17FN2O4. The third-order valence-electron chi connectivity index (χ3n) is 4.95. The predicted octanol–water partition coefficient (Wildman–Crippen LogP) is 3.86. The first-order chi connectivity index (χ1) is 14.4. The number of Topliss-reactive ketones (excluding diaryl/α,β-unsaturated/α-hetero) is 1. The summed E-state index contributed by atoms with van der Waals surface area (Å²) in [5.41, 5.74) is 1.41. The molecule has 1 aliphatic rings. The molecule has 0 aliphatic carbocycles. The van der Waals surface area contributed by atoms with Crippen molar-refractivity contribution in [2.75, 3.05) is 4.90 Å². The molecule has 1 atom stereocenters. The highest BCUT2D eigenvalue weighted by atomic mass is 19.1. The first kappa shape index (κ1) is 19.3. The third-order valence-corrected chi connectivity index (χ3v) is 4.95. The van der Waals surface area contributed by atoms with Crippen molar-refractivity contribution in [3.05, 3.63) is 95.1 Å². The Balaban J connectivity index is 1.97. The van der Waals surface area contributed by atoms with Gasteiger partial charge in [-0.3, -0.25) is 19.5 Å². The molecule has 6 nitrogen and oxygen atoms in total. The van der Waals surface area contributed by atoms with Gasteiger partial charge in [0.2, 0.25) is 0 Å². The topological polar surface area (TPSA) is 90.7 Å². The second kappa shape index (κ2) is 7.44. The maximum Gasteiger partial charge on any atom is 0.300 e. The summed E-state index contributed by atoms with van der Waals surface area (Å²) >= 11 is 0. The van der Waals surface area contributed by atoms with Crippen LogP contribution in [0.4, 0.5) is 10.1 Å². The molecule has 0 radical (unpaired) electrons. The lowest BCUT2D eigenvalue weighted by molar-refractivity contribution is -0.132. The van der Waals surface area contributed by atoms with Gasteiger partial charge in [-0.2, -0.15) is 0 Å². The van der Waals surface area contributed by atoms with Crippen LogP contribution in [0.25, 0.3) is 5.76 Å². The summed E-state index contributed by atoms with van der Waals surface area (Å²) in [5.74, 6) is -2.92. The molecule has 2 heterocycles. The van der Waals surface area contributed by atoms with Crippen LogP contribution >= 0.6 is 0 Å². The number of nitrogens with zero attached hydrogens (tertiary/aromatic N) is 2. The summed E-state index contributed by atoms with van der Waals surface area (Å²) in [7, 11) is 0. The molecule has 1 amide bonds. The van der Waals surface area contributed by atoms with Gasteiger partial charge >= 0.3 is 0 Å². The average Bonchev–Trinajstić information content (AvgIpc) is 3.01. The molecule has 1 aromatic heterocycles. The lowest BCUT2D eigenvalue weighted by Crippen LogP contribution is -2.29. The highest BCUT2D eigenvalue weighted by molar-refractivity contribution is 6.51. The number of aryl methyl sites for hydroxylation is 1. The Hall–Kier alpha value is -4.00. The van der Waals surface area contributed by atoms with Crippen LogP contribution in [0.15, 0.2) is 72.6 Å². The van der Waals surface area contributed by atoms with Crippen molar-refractivity contribution < 1.29 is 24.2 Å². The number of benzene rings is 2. The number of aliphatic hydroxyl groups excluding tert-OH is 1. The lowest BCUT2D eigenvalue weighted by Gasteiger charge is -2.26. The fraction of sp³-hybridized carbons (Fsp3) is 0.0870. The first-order valence-corrected chi connectivity index (χ1v) is 9.15. The van der Waals surface area contributed by atoms with E-state index in [9.17, 15) is 24.2 Å². The quantitative estimate of drug-likeness (QED) is 0.393. The minimum atomic E-state index is -1.02. The van der Waals surface area contributed by atoms with Gasteiger partial charge < -0.3 is 10.2 Å². The number of phenols is 1. The fourth-order valence-corrected chi connectivity index (χ4v) is 3.52. The Morgan fingerprint density at radius 3 is 2.50 bits per heavy atom. The summed E-state index contributed by atoms with van der Waals surface area (Å²) in [6, 6.07) is 11.9. The molecular weight excluding hydrogens is 387 g/mol. The number of aromatic hydroxyl groups is 1. The van der Waals surface area contributed by atoms with Gasteiger partial charge in [0.25, 0.3) is 11.7 Å². The van der Waals surface area contributed by atoms with Crippen molar-refractivity contribution in [1.29, 1.82) is 0 Å². The van der Waals surface area contributed by atoms with E-state index in [4.69, 9.17) is 0 Å². The van der Waals surface area contributed by atoms with Crippen LogP contribution in [0.1, 0.15) is 22.7 Å². The van der Waals surface area contributed by atoms with E-state index in [-0.39, 0.29) is 22.6 Å². The third kappa shape index (κ3) is 3.20. The molecule has 4 rings (SSSR count). The molecule has 3 aromatic rings. The van der Waals surface area contributed by atoms with Crippen LogP contribution in [0.3, 0.4) is 0 Å². The fourth-order valence-electron chi connectivity index (χ4n) is 3.52. The average molecular weight is 404 g/mol. The van der Waals surface area contributed by atoms with Crippen LogP contribution in [-0.4, -0.2) is 26.9 Å². The van der Waals surface area contributed by atoms with Crippen molar-refractivity contribution in [2.45, 2.75) is 13.0 Å². The Morgan fingerprint density at radius 1 is 1.10 bits per heavy atom. The number of hydrogen-bond donors (Lipinski definition) is 2. The molecule has 7 heteroatoms. The molecule has 0 spiro atoms. The van der Waals surface area contributed by atoms with E-state index in [1.54, 1.807) is 37.4 Å². The molecule has 1 saturated heterocycles. The first-order valence-electron chi connectivity index (χ1n) is 9.15. The van der Waals surface area contributed by atoms with Crippen molar-refractivity contribution in [3.63, 3.8) is 0 Å². The number of ketones is 1. The van der Waals surface area contributed by atoms with Crippen LogP contribution in [0.2, 0.25) is 0 Å². The molecule has 2 N–H and O–H groups in total. The van der Waals surface area contributed by atoms with Gasteiger partial charge in [0.1, 0.15) is 17.3 Å². The lowest BCUT2D eigenvalue weighted by atomic mass is 9.96. The monoisotopic (exact) mass is 404 g/mol. The van der Waals surface area contributed by atoms with Gasteiger partial charge in [0, 0.05) is 18.0 Å². The van der Waals surface area contributed by atoms with Crippen LogP contribution < -0.4 is 4.90 Å². The standard InChI is InChI=1S/C23H17FN2O4/c1-13-4-9-18(27)17(11-13)26-20(15-3-2-10-25-12-15)19(22(29)23(26)30)21(28)14-5-7-16(24)8-6-14/h2-12,20,27-28H,1H3/b21-19+. The number of aromatic nitrogens is 1. The Kier molecular flexibility index (Phi) is 4.79. The van der Waals surface area contributed by atoms with Crippen molar-refractivity contribution in [1.82, 2.24) is 4.98 Å². The van der Waals surface area contributed by atoms with Crippen LogP contribution in [0.5, 0.6) is 5.75 Å². The Bertz CT molecular complexity index is 1170. The van der Waals surface area contributed by atoms with E-state index >= 15 is 0 Å². The largest absolute Gasteiger partial charge is 0.507 e. The number of carbonyl (C=O) groups is 2. The van der Waals surface area contributed by atoms with E-state index < -0.39 is 29.3 Å². The number of hydrogen-bond acceptors (Lipinski definition) is 5. The minimum Gasteiger partial charge on any atom is -0.507 e. The normalized spacial score (nSPS) is 18.1. The van der Waals surface area contributed by atoms with E-state index in [1.807, 2.05) is 0 Å². The molecule has 2 aromatic carbocycles. The number of anilines is 1. The predicted molar refractivity (Wildman–Crippen MR) is 108 cm³/mol. The summed E-state index contributed by atoms with van der Waals surface area (Å²) in [4.78, 5) is 31.2. The smallest absolute Gasteiger partial charge is 0.300 e. The zero-order valence-electron chi connectivity index (χ0n) is 15.9. The van der Waals surface area contributed by atoms with Gasteiger partial charge in [0.15, 0.2) is 0 Å². The van der Waals surface area contributed by atoms with Gasteiger partial charge in [-0.1, -0.05) is 12.1 Å². The molecule has 0 saturated carbocycles. The van der Waals surface area contributed by atoms with Crippen molar-refractivity contribution in [3.8, 4) is 5.75 Å². The summed E-state index contributed by atoms with van der Waals surface area (Å²) in [6.07, 6.45) is 3.02. The number of rotatable bonds is 3. The second-order valence-corrected chi connectivity index (χ2v) is 6.95. The zero-order valence-corrected chi connectivity index (χ0v) is 15.9. The summed E-state index contributed by atoms with van der Waals surface area (Å²) in [5, 5.41) is 21.3. The maximum atomic E-state index is 13.3. The van der Waals surface area contributed by atoms with Crippen molar-refractivity contribution in [2.24, 2.45) is 0 Å². The number of carbonyl (C=O) groups excluding carboxylic acids is 2. The Morgan fingerprint density at radius 2 is 1.83 bits per heavy atom. The van der Waals surface area contributed by atoms with Crippen LogP contribution in [0, 0.1) is 12.7 Å².